The van der Waals surface area contributed by atoms with E-state index < -0.39 is 23.5 Å². The van der Waals surface area contributed by atoms with Gasteiger partial charge < -0.3 is 0 Å². The van der Waals surface area contributed by atoms with Crippen molar-refractivity contribution in [2.75, 3.05) is 0 Å². The highest BCUT2D eigenvalue weighted by molar-refractivity contribution is 9.10. The van der Waals surface area contributed by atoms with Crippen molar-refractivity contribution in [3.63, 3.8) is 0 Å². The van der Waals surface area contributed by atoms with Gasteiger partial charge in [0.1, 0.15) is 0 Å². The Balaban J connectivity index is 0.000000313. The monoisotopic (exact) mass is 928 g/mol. The third-order valence-electron chi connectivity index (χ3n) is 9.77. The van der Waals surface area contributed by atoms with Gasteiger partial charge in [0, 0.05) is 32.9 Å². The second kappa shape index (κ2) is 26.6. The summed E-state index contributed by atoms with van der Waals surface area (Å²) in [6, 6.07) is 20.7. The van der Waals surface area contributed by atoms with Gasteiger partial charge in [-0.05, 0) is 89.7 Å². The lowest BCUT2D eigenvalue weighted by molar-refractivity contribution is -0.138. The normalized spacial score (nSPS) is 11.2. The molecule has 58 heavy (non-hydrogen) atoms. The van der Waals surface area contributed by atoms with Crippen LogP contribution in [0.1, 0.15) is 152 Å². The molecule has 4 aromatic rings. The molecule has 0 heterocycles. The third-order valence-corrected chi connectivity index (χ3v) is 10.8. The zero-order valence-corrected chi connectivity index (χ0v) is 37.0. The van der Waals surface area contributed by atoms with Crippen molar-refractivity contribution in [3.05, 3.63) is 116 Å². The van der Waals surface area contributed by atoms with E-state index in [1.165, 1.54) is 127 Å². The summed E-state index contributed by atoms with van der Waals surface area (Å²) in [5.41, 5.74) is 2.90. The summed E-state index contributed by atoms with van der Waals surface area (Å²) < 4.78 is 78.3. The van der Waals surface area contributed by atoms with Crippen LogP contribution in [0.4, 0.5) is 26.3 Å². The lowest BCUT2D eigenvalue weighted by Gasteiger charge is -2.13. The molecule has 0 nitrogen and oxygen atoms in total. The molecule has 0 unspecified atom stereocenters. The summed E-state index contributed by atoms with van der Waals surface area (Å²) in [6.07, 6.45) is 14.7. The molecule has 0 spiro atoms. The van der Waals surface area contributed by atoms with Crippen LogP contribution < -0.4 is 0 Å². The van der Waals surface area contributed by atoms with Crippen molar-refractivity contribution in [2.45, 2.75) is 142 Å². The summed E-state index contributed by atoms with van der Waals surface area (Å²) >= 11 is 6.90. The average molecular weight is 931 g/mol. The van der Waals surface area contributed by atoms with E-state index in [1.54, 1.807) is 18.2 Å². The van der Waals surface area contributed by atoms with E-state index in [0.29, 0.717) is 26.7 Å². The zero-order valence-electron chi connectivity index (χ0n) is 33.8. The highest BCUT2D eigenvalue weighted by Crippen LogP contribution is 2.38. The Morgan fingerprint density at radius 3 is 1.24 bits per heavy atom. The average Bonchev–Trinajstić information content (AvgIpc) is 3.19. The minimum Gasteiger partial charge on any atom is -0.166 e. The molecule has 0 N–H and O–H groups in total. The molecule has 0 saturated carbocycles. The molecule has 0 aliphatic rings. The molecule has 4 aromatic carbocycles. The van der Waals surface area contributed by atoms with Crippen molar-refractivity contribution < 1.29 is 26.3 Å². The molecule has 0 bridgehead atoms. The van der Waals surface area contributed by atoms with Gasteiger partial charge in [-0.15, -0.1) is 0 Å². The Morgan fingerprint density at radius 2 is 0.793 bits per heavy atom. The molecular formula is C50H56Br2F6. The van der Waals surface area contributed by atoms with E-state index in [0.717, 1.165) is 52.7 Å². The van der Waals surface area contributed by atoms with E-state index in [9.17, 15) is 26.3 Å². The number of alkyl halides is 6. The number of halogens is 8. The predicted molar refractivity (Wildman–Crippen MR) is 237 cm³/mol. The second-order valence-electron chi connectivity index (χ2n) is 14.6. The third kappa shape index (κ3) is 18.6. The van der Waals surface area contributed by atoms with E-state index >= 15 is 0 Å². The Bertz CT molecular complexity index is 1900. The SMILES string of the molecule is CCCCCCCCCCC#Cc1ccc(Br)cc1C#CCCCCCCCCCC.FC(F)(F)c1ccc(-c2ccc(Br)cc2-c2ccc(C(F)(F)F)cc2)cc1. The van der Waals surface area contributed by atoms with Gasteiger partial charge in [-0.25, -0.2) is 0 Å². The van der Waals surface area contributed by atoms with Crippen LogP contribution in [0.5, 0.6) is 0 Å². The fourth-order valence-corrected chi connectivity index (χ4v) is 7.15. The van der Waals surface area contributed by atoms with Gasteiger partial charge in [0.25, 0.3) is 0 Å². The van der Waals surface area contributed by atoms with Gasteiger partial charge in [0.2, 0.25) is 0 Å². The first kappa shape index (κ1) is 48.9. The Labute approximate surface area is 360 Å². The smallest absolute Gasteiger partial charge is 0.166 e. The molecule has 0 aliphatic carbocycles. The van der Waals surface area contributed by atoms with Gasteiger partial charge in [0.05, 0.1) is 11.1 Å². The number of rotatable bonds is 18. The topological polar surface area (TPSA) is 0 Å². The summed E-state index contributed by atoms with van der Waals surface area (Å²) in [4.78, 5) is 0. The van der Waals surface area contributed by atoms with Crippen LogP contribution in [0.25, 0.3) is 22.3 Å². The maximum absolute atomic E-state index is 12.8. The molecule has 0 saturated heterocycles. The van der Waals surface area contributed by atoms with Crippen molar-refractivity contribution >= 4 is 31.9 Å². The Morgan fingerprint density at radius 1 is 0.414 bits per heavy atom. The van der Waals surface area contributed by atoms with Crippen LogP contribution in [0.3, 0.4) is 0 Å². The standard InChI is InChI=1S/C30H45Br.C20H11BrF6/c1-3-5-7-9-11-13-15-17-19-21-23-28-25-26-30(31)27-29(28)24-22-20-18-16-14-12-10-8-6-4-2;21-16-9-10-17(12-1-5-14(6-2-12)19(22,23)24)18(11-16)13-3-7-15(8-4-13)20(25,26)27/h25-27H,3-20H2,1-2H3;1-11H. The highest BCUT2D eigenvalue weighted by atomic mass is 79.9. The Kier molecular flexibility index (Phi) is 22.4. The summed E-state index contributed by atoms with van der Waals surface area (Å²) in [5, 5.41) is 0. The van der Waals surface area contributed by atoms with Crippen LogP contribution in [0, 0.1) is 23.7 Å². The largest absolute Gasteiger partial charge is 0.416 e. The number of hydrogen-bond acceptors (Lipinski definition) is 0. The lowest BCUT2D eigenvalue weighted by atomic mass is 9.93. The molecule has 312 valence electrons. The van der Waals surface area contributed by atoms with Crippen molar-refractivity contribution in [2.24, 2.45) is 0 Å². The maximum atomic E-state index is 12.8. The number of unbranched alkanes of at least 4 members (excludes halogenated alkanes) is 16. The molecule has 0 aromatic heterocycles. The molecular weight excluding hydrogens is 874 g/mol. The van der Waals surface area contributed by atoms with Crippen molar-refractivity contribution in [1.29, 1.82) is 0 Å². The van der Waals surface area contributed by atoms with Gasteiger partial charge in [-0.1, -0.05) is 190 Å². The predicted octanol–water partition coefficient (Wildman–Crippen LogP) is 18.0. The fourth-order valence-electron chi connectivity index (χ4n) is 6.42. The molecule has 0 aliphatic heterocycles. The molecule has 0 radical (unpaired) electrons. The van der Waals surface area contributed by atoms with Gasteiger partial charge in [-0.3, -0.25) is 0 Å². The quantitative estimate of drug-likeness (QED) is 0.0530. The summed E-state index contributed by atoms with van der Waals surface area (Å²) in [7, 11) is 0. The Hall–Kier alpha value is -3.46. The van der Waals surface area contributed by atoms with E-state index in [-0.39, 0.29) is 0 Å². The van der Waals surface area contributed by atoms with E-state index in [1.807, 2.05) is 0 Å². The van der Waals surface area contributed by atoms with Crippen molar-refractivity contribution in [1.82, 2.24) is 0 Å². The van der Waals surface area contributed by atoms with Gasteiger partial charge in [-0.2, -0.15) is 26.3 Å². The minimum absolute atomic E-state index is 0.527. The molecule has 0 atom stereocenters. The maximum Gasteiger partial charge on any atom is 0.416 e. The van der Waals surface area contributed by atoms with Gasteiger partial charge >= 0.3 is 12.4 Å². The minimum atomic E-state index is -4.44. The van der Waals surface area contributed by atoms with Crippen LogP contribution >= 0.6 is 31.9 Å². The summed E-state index contributed by atoms with van der Waals surface area (Å²) in [5.74, 6) is 13.5. The number of hydrogen-bond donors (Lipinski definition) is 0. The zero-order chi connectivity index (χ0) is 42.2. The highest BCUT2D eigenvalue weighted by Gasteiger charge is 2.31. The fraction of sp³-hybridized carbons (Fsp3) is 0.440. The van der Waals surface area contributed by atoms with Crippen molar-refractivity contribution in [3.8, 4) is 45.9 Å². The molecule has 0 fully saturated rings. The molecule has 0 amide bonds. The van der Waals surface area contributed by atoms with Crippen LogP contribution in [0.15, 0.2) is 93.9 Å². The van der Waals surface area contributed by atoms with E-state index in [2.05, 4.69) is 87.6 Å². The lowest BCUT2D eigenvalue weighted by Crippen LogP contribution is -2.04. The van der Waals surface area contributed by atoms with Crippen LogP contribution in [0.2, 0.25) is 0 Å². The first-order valence-electron chi connectivity index (χ1n) is 20.8. The van der Waals surface area contributed by atoms with Crippen LogP contribution in [-0.2, 0) is 12.4 Å². The number of benzene rings is 4. The van der Waals surface area contributed by atoms with E-state index in [4.69, 9.17) is 0 Å². The first-order chi connectivity index (χ1) is 27.8. The van der Waals surface area contributed by atoms with Gasteiger partial charge in [0.15, 0.2) is 0 Å². The molecule has 4 rings (SSSR count). The second-order valence-corrected chi connectivity index (χ2v) is 16.4. The first-order valence-corrected chi connectivity index (χ1v) is 22.3. The summed E-state index contributed by atoms with van der Waals surface area (Å²) in [6.45, 7) is 4.55. The molecule has 8 heteroatoms. The van der Waals surface area contributed by atoms with Crippen LogP contribution in [-0.4, -0.2) is 0 Å².